The molecule has 2 aromatic heterocycles. The molecular weight excluding hydrogens is 478 g/mol. The Hall–Kier alpha value is -3.85. The van der Waals surface area contributed by atoms with Gasteiger partial charge in [-0.25, -0.2) is 15.0 Å². The molecule has 0 bridgehead atoms. The Morgan fingerprint density at radius 3 is 2.66 bits per heavy atom. The minimum absolute atomic E-state index is 0.252. The van der Waals surface area contributed by atoms with Gasteiger partial charge < -0.3 is 19.7 Å². The number of nitrogens with zero attached hydrogens (tertiary/aromatic N) is 6. The minimum atomic E-state index is 0.252. The first-order chi connectivity index (χ1) is 18.6. The standard InChI is InChI=1S/C29H35N7O2/c1-4-26-33-27-28(31-18-32-29(27)36(26)22-9-10-24-25(17-22)38-19-37-24)30-11-6-12-34-13-15-35(16-14-34)23-8-5-7-20(2)21(23)3/h5,7-10,17-18H,4,6,11-16,19H2,1-3H3,(H,30,31,32). The summed E-state index contributed by atoms with van der Waals surface area (Å²) in [6.45, 7) is 13.0. The van der Waals surface area contributed by atoms with Gasteiger partial charge in [0, 0.05) is 50.9 Å². The molecule has 38 heavy (non-hydrogen) atoms. The molecule has 2 aliphatic rings. The molecular formula is C29H35N7O2. The van der Waals surface area contributed by atoms with E-state index in [1.54, 1.807) is 6.33 Å². The van der Waals surface area contributed by atoms with Crippen LogP contribution in [0.25, 0.3) is 16.9 Å². The number of aryl methyl sites for hydroxylation is 2. The van der Waals surface area contributed by atoms with Crippen molar-refractivity contribution < 1.29 is 9.47 Å². The van der Waals surface area contributed by atoms with Crippen LogP contribution in [0.15, 0.2) is 42.7 Å². The number of piperazine rings is 1. The third kappa shape index (κ3) is 4.62. The van der Waals surface area contributed by atoms with E-state index < -0.39 is 0 Å². The molecule has 1 fully saturated rings. The number of fused-ring (bicyclic) bond motifs is 2. The minimum Gasteiger partial charge on any atom is -0.454 e. The average Bonchev–Trinajstić information content (AvgIpc) is 3.57. The summed E-state index contributed by atoms with van der Waals surface area (Å²) in [7, 11) is 0. The van der Waals surface area contributed by atoms with Crippen LogP contribution in [0.1, 0.15) is 30.3 Å². The fourth-order valence-corrected chi connectivity index (χ4v) is 5.40. The maximum Gasteiger partial charge on any atom is 0.231 e. The number of nitrogens with one attached hydrogen (secondary N) is 1. The molecule has 9 nitrogen and oxygen atoms in total. The van der Waals surface area contributed by atoms with Gasteiger partial charge in [-0.15, -0.1) is 0 Å². The van der Waals surface area contributed by atoms with Gasteiger partial charge in [-0.2, -0.15) is 0 Å². The maximum absolute atomic E-state index is 5.59. The van der Waals surface area contributed by atoms with Crippen molar-refractivity contribution in [3.8, 4) is 17.2 Å². The Kier molecular flexibility index (Phi) is 6.76. The van der Waals surface area contributed by atoms with Crippen LogP contribution in [-0.2, 0) is 6.42 Å². The first-order valence-corrected chi connectivity index (χ1v) is 13.5. The lowest BCUT2D eigenvalue weighted by atomic mass is 10.1. The Labute approximate surface area is 223 Å². The number of imidazole rings is 1. The number of hydrogen-bond donors (Lipinski definition) is 1. The SMILES string of the molecule is CCc1nc2c(NCCCN3CCN(c4cccc(C)c4C)CC3)ncnc2n1-c1ccc2c(c1)OCO2. The molecule has 0 aliphatic carbocycles. The number of anilines is 2. The van der Waals surface area contributed by atoms with Gasteiger partial charge in [0.15, 0.2) is 28.5 Å². The second-order valence-corrected chi connectivity index (χ2v) is 9.98. The highest BCUT2D eigenvalue weighted by molar-refractivity contribution is 5.84. The van der Waals surface area contributed by atoms with Crippen molar-refractivity contribution in [3.05, 3.63) is 59.7 Å². The first-order valence-electron chi connectivity index (χ1n) is 13.5. The van der Waals surface area contributed by atoms with Crippen molar-refractivity contribution in [2.45, 2.75) is 33.6 Å². The molecule has 4 heterocycles. The van der Waals surface area contributed by atoms with Crippen molar-refractivity contribution in [3.63, 3.8) is 0 Å². The quantitative estimate of drug-likeness (QED) is 0.349. The molecule has 0 amide bonds. The second kappa shape index (κ2) is 10.5. The Balaban J connectivity index is 1.08. The molecule has 9 heteroatoms. The molecule has 6 rings (SSSR count). The lowest BCUT2D eigenvalue weighted by molar-refractivity contribution is 0.174. The number of hydrogen-bond acceptors (Lipinski definition) is 8. The molecule has 0 radical (unpaired) electrons. The van der Waals surface area contributed by atoms with Gasteiger partial charge >= 0.3 is 0 Å². The van der Waals surface area contributed by atoms with Crippen LogP contribution in [0, 0.1) is 13.8 Å². The van der Waals surface area contributed by atoms with E-state index in [1.165, 1.54) is 16.8 Å². The van der Waals surface area contributed by atoms with E-state index in [0.29, 0.717) is 0 Å². The summed E-state index contributed by atoms with van der Waals surface area (Å²) < 4.78 is 13.2. The Morgan fingerprint density at radius 1 is 0.974 bits per heavy atom. The summed E-state index contributed by atoms with van der Waals surface area (Å²) in [6, 6.07) is 12.5. The van der Waals surface area contributed by atoms with Crippen LogP contribution >= 0.6 is 0 Å². The number of ether oxygens (including phenoxy) is 2. The van der Waals surface area contributed by atoms with Gasteiger partial charge in [0.25, 0.3) is 0 Å². The first kappa shape index (κ1) is 24.5. The van der Waals surface area contributed by atoms with E-state index >= 15 is 0 Å². The van der Waals surface area contributed by atoms with Gasteiger partial charge in [-0.3, -0.25) is 9.47 Å². The molecule has 0 saturated carbocycles. The topological polar surface area (TPSA) is 80.6 Å². The fourth-order valence-electron chi connectivity index (χ4n) is 5.40. The molecule has 1 saturated heterocycles. The third-order valence-corrected chi connectivity index (χ3v) is 7.68. The fraction of sp³-hybridized carbons (Fsp3) is 0.414. The van der Waals surface area contributed by atoms with Crippen LogP contribution in [-0.4, -0.2) is 70.5 Å². The van der Waals surface area contributed by atoms with Crippen LogP contribution in [0.4, 0.5) is 11.5 Å². The van der Waals surface area contributed by atoms with Gasteiger partial charge in [0.2, 0.25) is 6.79 Å². The molecule has 2 aliphatic heterocycles. The lowest BCUT2D eigenvalue weighted by Gasteiger charge is -2.37. The van der Waals surface area contributed by atoms with Gasteiger partial charge in [0.05, 0.1) is 5.69 Å². The summed E-state index contributed by atoms with van der Waals surface area (Å²) in [4.78, 5) is 19.1. The maximum atomic E-state index is 5.59. The Bertz CT molecular complexity index is 1440. The van der Waals surface area contributed by atoms with E-state index in [9.17, 15) is 0 Å². The van der Waals surface area contributed by atoms with Crippen LogP contribution in [0.5, 0.6) is 11.5 Å². The zero-order valence-corrected chi connectivity index (χ0v) is 22.4. The van der Waals surface area contributed by atoms with Crippen molar-refractivity contribution >= 4 is 22.7 Å². The number of rotatable bonds is 8. The average molecular weight is 514 g/mol. The summed E-state index contributed by atoms with van der Waals surface area (Å²) in [6.07, 6.45) is 3.43. The molecule has 0 spiro atoms. The zero-order chi connectivity index (χ0) is 26.1. The van der Waals surface area contributed by atoms with Crippen LogP contribution < -0.4 is 19.7 Å². The molecule has 0 unspecified atom stereocenters. The van der Waals surface area contributed by atoms with Gasteiger partial charge in [-0.05, 0) is 56.1 Å². The van der Waals surface area contributed by atoms with Crippen molar-refractivity contribution in [2.75, 3.05) is 56.3 Å². The number of aromatic nitrogens is 4. The molecule has 4 aromatic rings. The van der Waals surface area contributed by atoms with Crippen LogP contribution in [0.3, 0.4) is 0 Å². The predicted molar refractivity (Wildman–Crippen MR) is 150 cm³/mol. The van der Waals surface area contributed by atoms with E-state index in [-0.39, 0.29) is 6.79 Å². The molecule has 2 aromatic carbocycles. The molecule has 1 N–H and O–H groups in total. The summed E-state index contributed by atoms with van der Waals surface area (Å²) in [5.74, 6) is 3.22. The smallest absolute Gasteiger partial charge is 0.231 e. The van der Waals surface area contributed by atoms with E-state index in [2.05, 4.69) is 68.6 Å². The highest BCUT2D eigenvalue weighted by Gasteiger charge is 2.21. The Morgan fingerprint density at radius 2 is 1.82 bits per heavy atom. The van der Waals surface area contributed by atoms with E-state index in [1.807, 2.05) is 18.2 Å². The zero-order valence-electron chi connectivity index (χ0n) is 22.4. The van der Waals surface area contributed by atoms with Gasteiger partial charge in [-0.1, -0.05) is 19.1 Å². The van der Waals surface area contributed by atoms with Crippen molar-refractivity contribution in [1.82, 2.24) is 24.4 Å². The third-order valence-electron chi connectivity index (χ3n) is 7.68. The second-order valence-electron chi connectivity index (χ2n) is 9.98. The molecule has 0 atom stereocenters. The monoisotopic (exact) mass is 513 g/mol. The van der Waals surface area contributed by atoms with Crippen molar-refractivity contribution in [2.24, 2.45) is 0 Å². The highest BCUT2D eigenvalue weighted by atomic mass is 16.7. The summed E-state index contributed by atoms with van der Waals surface area (Å²) in [5.41, 5.74) is 6.68. The van der Waals surface area contributed by atoms with E-state index in [0.717, 1.165) is 92.1 Å². The van der Waals surface area contributed by atoms with Crippen molar-refractivity contribution in [1.29, 1.82) is 0 Å². The lowest BCUT2D eigenvalue weighted by Crippen LogP contribution is -2.47. The van der Waals surface area contributed by atoms with E-state index in [4.69, 9.17) is 14.5 Å². The van der Waals surface area contributed by atoms with Crippen LogP contribution in [0.2, 0.25) is 0 Å². The normalized spacial score (nSPS) is 15.4. The predicted octanol–water partition coefficient (Wildman–Crippen LogP) is 4.35. The summed E-state index contributed by atoms with van der Waals surface area (Å²) >= 11 is 0. The largest absolute Gasteiger partial charge is 0.454 e. The highest BCUT2D eigenvalue weighted by Crippen LogP contribution is 2.35. The number of benzene rings is 2. The molecule has 198 valence electrons. The van der Waals surface area contributed by atoms with Gasteiger partial charge in [0.1, 0.15) is 12.2 Å². The summed E-state index contributed by atoms with van der Waals surface area (Å²) in [5, 5.41) is 3.52.